The molecule has 0 spiro atoms. The van der Waals surface area contributed by atoms with Crippen molar-refractivity contribution in [3.05, 3.63) is 29.8 Å². The standard InChI is InChI=1S/C15H21NO4/c1-4-11-6-5-7-12(8-11)20-10-15(2,3)14(19)16-9-13(17)18/h5-8H,4,9-10H2,1-3H3,(H,16,19)(H,17,18). The molecule has 0 aromatic heterocycles. The molecule has 1 aromatic rings. The van der Waals surface area contributed by atoms with E-state index in [4.69, 9.17) is 9.84 Å². The van der Waals surface area contributed by atoms with Crippen molar-refractivity contribution < 1.29 is 19.4 Å². The number of carbonyl (C=O) groups is 2. The van der Waals surface area contributed by atoms with Crippen LogP contribution in [0.4, 0.5) is 0 Å². The molecule has 0 bridgehead atoms. The third-order valence-electron chi connectivity index (χ3n) is 2.92. The van der Waals surface area contributed by atoms with E-state index in [0.717, 1.165) is 12.0 Å². The first-order valence-electron chi connectivity index (χ1n) is 6.57. The van der Waals surface area contributed by atoms with Crippen molar-refractivity contribution in [3.8, 4) is 5.75 Å². The van der Waals surface area contributed by atoms with Gasteiger partial charge < -0.3 is 15.2 Å². The van der Waals surface area contributed by atoms with Crippen LogP contribution >= 0.6 is 0 Å². The average molecular weight is 279 g/mol. The quantitative estimate of drug-likeness (QED) is 0.798. The molecule has 0 unspecified atom stereocenters. The second-order valence-corrected chi connectivity index (χ2v) is 5.25. The van der Waals surface area contributed by atoms with Crippen LogP contribution in [0.1, 0.15) is 26.3 Å². The lowest BCUT2D eigenvalue weighted by Gasteiger charge is -2.23. The highest BCUT2D eigenvalue weighted by atomic mass is 16.5. The Bertz CT molecular complexity index is 483. The molecule has 0 aliphatic heterocycles. The first kappa shape index (κ1) is 16.0. The summed E-state index contributed by atoms with van der Waals surface area (Å²) in [5.41, 5.74) is 0.369. The minimum Gasteiger partial charge on any atom is -0.492 e. The molecule has 5 heteroatoms. The number of aryl methyl sites for hydroxylation is 1. The molecule has 0 aliphatic carbocycles. The zero-order chi connectivity index (χ0) is 15.2. The fraction of sp³-hybridized carbons (Fsp3) is 0.467. The van der Waals surface area contributed by atoms with Gasteiger partial charge in [0.2, 0.25) is 5.91 Å². The van der Waals surface area contributed by atoms with Crippen LogP contribution in [0.3, 0.4) is 0 Å². The van der Waals surface area contributed by atoms with Crippen molar-refractivity contribution in [2.24, 2.45) is 5.41 Å². The molecule has 5 nitrogen and oxygen atoms in total. The Labute approximate surface area is 118 Å². The van der Waals surface area contributed by atoms with Gasteiger partial charge in [-0.3, -0.25) is 9.59 Å². The average Bonchev–Trinajstić information content (AvgIpc) is 2.42. The van der Waals surface area contributed by atoms with Crippen molar-refractivity contribution in [2.45, 2.75) is 27.2 Å². The summed E-state index contributed by atoms with van der Waals surface area (Å²) in [4.78, 5) is 22.3. The number of rotatable bonds is 7. The normalized spacial score (nSPS) is 10.9. The van der Waals surface area contributed by atoms with E-state index in [1.54, 1.807) is 13.8 Å². The Kier molecular flexibility index (Phi) is 5.55. The van der Waals surface area contributed by atoms with Gasteiger partial charge in [0.1, 0.15) is 18.9 Å². The van der Waals surface area contributed by atoms with E-state index < -0.39 is 11.4 Å². The number of ether oxygens (including phenoxy) is 1. The second-order valence-electron chi connectivity index (χ2n) is 5.25. The molecule has 2 N–H and O–H groups in total. The minimum absolute atomic E-state index is 0.186. The van der Waals surface area contributed by atoms with Gasteiger partial charge in [0.05, 0.1) is 5.41 Å². The van der Waals surface area contributed by atoms with Crippen molar-refractivity contribution in [1.29, 1.82) is 0 Å². The van der Waals surface area contributed by atoms with Crippen LogP contribution in [0.25, 0.3) is 0 Å². The van der Waals surface area contributed by atoms with Crippen molar-refractivity contribution in [1.82, 2.24) is 5.32 Å². The summed E-state index contributed by atoms with van der Waals surface area (Å²) in [6, 6.07) is 7.69. The van der Waals surface area contributed by atoms with Crippen LogP contribution in [0.2, 0.25) is 0 Å². The summed E-state index contributed by atoms with van der Waals surface area (Å²) in [5, 5.41) is 10.9. The van der Waals surface area contributed by atoms with E-state index in [9.17, 15) is 9.59 Å². The maximum Gasteiger partial charge on any atom is 0.322 e. The minimum atomic E-state index is -1.06. The number of amides is 1. The lowest BCUT2D eigenvalue weighted by Crippen LogP contribution is -2.42. The van der Waals surface area contributed by atoms with Gasteiger partial charge in [-0.1, -0.05) is 19.1 Å². The summed E-state index contributed by atoms with van der Waals surface area (Å²) in [5.74, 6) is -0.694. The molecule has 0 radical (unpaired) electrons. The Hall–Kier alpha value is -2.04. The third kappa shape index (κ3) is 4.91. The second kappa shape index (κ2) is 6.93. The molecule has 0 fully saturated rings. The molecule has 0 saturated carbocycles. The Morgan fingerprint density at radius 2 is 2.05 bits per heavy atom. The van der Waals surface area contributed by atoms with E-state index in [1.807, 2.05) is 24.3 Å². The van der Waals surface area contributed by atoms with E-state index in [1.165, 1.54) is 0 Å². The van der Waals surface area contributed by atoms with E-state index in [2.05, 4.69) is 12.2 Å². The highest BCUT2D eigenvalue weighted by molar-refractivity contribution is 5.85. The number of benzene rings is 1. The van der Waals surface area contributed by atoms with Gasteiger partial charge >= 0.3 is 5.97 Å². The molecular weight excluding hydrogens is 258 g/mol. The highest BCUT2D eigenvalue weighted by Gasteiger charge is 2.28. The van der Waals surface area contributed by atoms with Crippen molar-refractivity contribution in [2.75, 3.05) is 13.2 Å². The maximum atomic E-state index is 11.9. The first-order valence-corrected chi connectivity index (χ1v) is 6.57. The van der Waals surface area contributed by atoms with Crippen LogP contribution < -0.4 is 10.1 Å². The summed E-state index contributed by atoms with van der Waals surface area (Å²) < 4.78 is 5.63. The number of nitrogens with one attached hydrogen (secondary N) is 1. The maximum absolute atomic E-state index is 11.9. The van der Waals surface area contributed by atoms with Gasteiger partial charge in [0.25, 0.3) is 0 Å². The summed E-state index contributed by atoms with van der Waals surface area (Å²) in [7, 11) is 0. The number of hydrogen-bond donors (Lipinski definition) is 2. The molecule has 0 aliphatic rings. The Balaban J connectivity index is 2.57. The van der Waals surface area contributed by atoms with Crippen molar-refractivity contribution in [3.63, 3.8) is 0 Å². The van der Waals surface area contributed by atoms with Crippen LogP contribution in [-0.4, -0.2) is 30.1 Å². The molecule has 0 atom stereocenters. The van der Waals surface area contributed by atoms with Crippen LogP contribution in [-0.2, 0) is 16.0 Å². The lowest BCUT2D eigenvalue weighted by molar-refractivity contribution is -0.140. The number of carboxylic acids is 1. The van der Waals surface area contributed by atoms with Gasteiger partial charge in [-0.05, 0) is 38.0 Å². The third-order valence-corrected chi connectivity index (χ3v) is 2.92. The van der Waals surface area contributed by atoms with E-state index in [0.29, 0.717) is 5.75 Å². The van der Waals surface area contributed by atoms with Crippen LogP contribution in [0.5, 0.6) is 5.75 Å². The molecule has 1 aromatic carbocycles. The summed E-state index contributed by atoms with van der Waals surface area (Å²) in [6.45, 7) is 5.29. The SMILES string of the molecule is CCc1cccc(OCC(C)(C)C(=O)NCC(=O)O)c1. The predicted molar refractivity (Wildman–Crippen MR) is 75.7 cm³/mol. The van der Waals surface area contributed by atoms with Gasteiger partial charge in [0, 0.05) is 0 Å². The van der Waals surface area contributed by atoms with Crippen LogP contribution in [0, 0.1) is 5.41 Å². The van der Waals surface area contributed by atoms with E-state index in [-0.39, 0.29) is 19.1 Å². The summed E-state index contributed by atoms with van der Waals surface area (Å²) in [6.07, 6.45) is 0.916. The van der Waals surface area contributed by atoms with Gasteiger partial charge in [-0.15, -0.1) is 0 Å². The van der Waals surface area contributed by atoms with E-state index >= 15 is 0 Å². The van der Waals surface area contributed by atoms with Gasteiger partial charge in [-0.2, -0.15) is 0 Å². The Morgan fingerprint density at radius 3 is 2.65 bits per heavy atom. The molecule has 1 rings (SSSR count). The number of carboxylic acid groups (broad SMARTS) is 1. The topological polar surface area (TPSA) is 75.6 Å². The van der Waals surface area contributed by atoms with Crippen molar-refractivity contribution >= 4 is 11.9 Å². The highest BCUT2D eigenvalue weighted by Crippen LogP contribution is 2.20. The number of hydrogen-bond acceptors (Lipinski definition) is 3. The molecular formula is C15H21NO4. The smallest absolute Gasteiger partial charge is 0.322 e. The first-order chi connectivity index (χ1) is 9.35. The zero-order valence-electron chi connectivity index (χ0n) is 12.1. The number of carbonyl (C=O) groups excluding carboxylic acids is 1. The molecule has 0 heterocycles. The number of aliphatic carboxylic acids is 1. The molecule has 1 amide bonds. The summed E-state index contributed by atoms with van der Waals surface area (Å²) >= 11 is 0. The zero-order valence-corrected chi connectivity index (χ0v) is 12.1. The van der Waals surface area contributed by atoms with Gasteiger partial charge in [0.15, 0.2) is 0 Å². The molecule has 0 saturated heterocycles. The van der Waals surface area contributed by atoms with Crippen LogP contribution in [0.15, 0.2) is 24.3 Å². The lowest BCUT2D eigenvalue weighted by atomic mass is 9.93. The fourth-order valence-corrected chi connectivity index (χ4v) is 1.58. The fourth-order valence-electron chi connectivity index (χ4n) is 1.58. The predicted octanol–water partition coefficient (Wildman–Crippen LogP) is 1.85. The molecule has 110 valence electrons. The van der Waals surface area contributed by atoms with Gasteiger partial charge in [-0.25, -0.2) is 0 Å². The Morgan fingerprint density at radius 1 is 1.35 bits per heavy atom. The largest absolute Gasteiger partial charge is 0.492 e. The molecule has 20 heavy (non-hydrogen) atoms. The monoisotopic (exact) mass is 279 g/mol.